The van der Waals surface area contributed by atoms with Crippen molar-refractivity contribution in [2.45, 2.75) is 65.5 Å². The first kappa shape index (κ1) is 24.6. The van der Waals surface area contributed by atoms with E-state index in [1.807, 2.05) is 0 Å². The van der Waals surface area contributed by atoms with Crippen molar-refractivity contribution in [1.29, 1.82) is 0 Å². The van der Waals surface area contributed by atoms with Gasteiger partial charge in [0.25, 0.3) is 0 Å². The second kappa shape index (κ2) is 9.64. The van der Waals surface area contributed by atoms with E-state index in [-0.39, 0.29) is 40.6 Å². The van der Waals surface area contributed by atoms with E-state index >= 15 is 0 Å². The Morgan fingerprint density at radius 3 is 1.34 bits per heavy atom. The molecule has 2 atom stereocenters. The molecular weight excluding hydrogens is 354 g/mol. The Kier molecular flexibility index (Phi) is 8.18. The molecule has 2 aliphatic carbocycles. The molecule has 29 heavy (non-hydrogen) atoms. The fraction of sp³-hybridized carbons (Fsp3) is 0.385. The number of hydrogen-bond donors (Lipinski definition) is 0. The summed E-state index contributed by atoms with van der Waals surface area (Å²) in [6.07, 6.45) is 4.88. The predicted molar refractivity (Wildman–Crippen MR) is 122 cm³/mol. The predicted octanol–water partition coefficient (Wildman–Crippen LogP) is 1.40. The average molecular weight is 387 g/mol. The molecule has 0 amide bonds. The first-order valence-electron chi connectivity index (χ1n) is 10.2. The van der Waals surface area contributed by atoms with Crippen LogP contribution in [0.2, 0.25) is 12.1 Å². The van der Waals surface area contributed by atoms with Gasteiger partial charge in [-0.1, -0.05) is 59.7 Å². The van der Waals surface area contributed by atoms with Crippen molar-refractivity contribution in [3.05, 3.63) is 79.9 Å². The summed E-state index contributed by atoms with van der Waals surface area (Å²) in [5.74, 6) is 1.25. The summed E-state index contributed by atoms with van der Waals surface area (Å²) in [5.41, 5.74) is 15.1. The molecule has 0 saturated carbocycles. The van der Waals surface area contributed by atoms with Crippen LogP contribution in [0.5, 0.6) is 0 Å². The molecule has 0 aliphatic heterocycles. The van der Waals surface area contributed by atoms with Gasteiger partial charge in [0.2, 0.25) is 0 Å². The SMILES string of the molecule is CC1=Cc2c(C)ccc(C)c2C1C[Si]CC1C(C)=Cc2c(C)ccc(C)c21.[H-].[H-].[Li+].[Li+]. The Hall–Kier alpha value is -0.668. The molecule has 142 valence electrons. The van der Waals surface area contributed by atoms with Crippen LogP contribution in [0, 0.1) is 27.7 Å². The van der Waals surface area contributed by atoms with E-state index in [0.717, 1.165) is 9.52 Å². The summed E-state index contributed by atoms with van der Waals surface area (Å²) in [6, 6.07) is 11.8. The second-order valence-electron chi connectivity index (χ2n) is 8.59. The van der Waals surface area contributed by atoms with Crippen molar-refractivity contribution in [1.82, 2.24) is 0 Å². The van der Waals surface area contributed by atoms with Crippen molar-refractivity contribution in [2.24, 2.45) is 0 Å². The summed E-state index contributed by atoms with van der Waals surface area (Å²) in [7, 11) is 1.00. The molecule has 0 fully saturated rings. The molecule has 0 nitrogen and oxygen atoms in total. The maximum absolute atomic E-state index is 2.44. The van der Waals surface area contributed by atoms with Gasteiger partial charge in [-0.05, 0) is 86.1 Å². The number of rotatable bonds is 4. The van der Waals surface area contributed by atoms with Gasteiger partial charge >= 0.3 is 37.7 Å². The van der Waals surface area contributed by atoms with Crippen LogP contribution in [0.1, 0.15) is 73.0 Å². The molecule has 2 aromatic rings. The first-order valence-corrected chi connectivity index (χ1v) is 11.6. The van der Waals surface area contributed by atoms with E-state index in [0.29, 0.717) is 11.8 Å². The number of hydrogen-bond acceptors (Lipinski definition) is 0. The molecule has 0 saturated heterocycles. The van der Waals surface area contributed by atoms with Gasteiger partial charge in [0.15, 0.2) is 0 Å². The Labute approximate surface area is 206 Å². The van der Waals surface area contributed by atoms with E-state index in [1.165, 1.54) is 45.5 Å². The van der Waals surface area contributed by atoms with Gasteiger partial charge in [-0.2, -0.15) is 0 Å². The molecule has 2 aliphatic rings. The largest absolute Gasteiger partial charge is 1.00 e. The molecule has 0 aromatic heterocycles. The van der Waals surface area contributed by atoms with E-state index in [4.69, 9.17) is 0 Å². The van der Waals surface area contributed by atoms with E-state index in [2.05, 4.69) is 78.0 Å². The molecule has 0 bridgehead atoms. The van der Waals surface area contributed by atoms with Crippen molar-refractivity contribution in [3.63, 3.8) is 0 Å². The van der Waals surface area contributed by atoms with Crippen LogP contribution in [0.4, 0.5) is 0 Å². The fourth-order valence-electron chi connectivity index (χ4n) is 5.03. The Morgan fingerprint density at radius 1 is 0.621 bits per heavy atom. The molecule has 0 heterocycles. The van der Waals surface area contributed by atoms with Gasteiger partial charge in [-0.25, -0.2) is 0 Å². The van der Waals surface area contributed by atoms with Crippen molar-refractivity contribution < 1.29 is 40.6 Å². The Balaban J connectivity index is 0.00000225. The number of allylic oxidation sites excluding steroid dienone is 2. The summed E-state index contributed by atoms with van der Waals surface area (Å²) in [6.45, 7) is 13.7. The van der Waals surface area contributed by atoms with Gasteiger partial charge < -0.3 is 2.85 Å². The van der Waals surface area contributed by atoms with E-state index in [1.54, 1.807) is 22.3 Å². The molecule has 3 heteroatoms. The third-order valence-corrected chi connectivity index (χ3v) is 8.08. The maximum atomic E-state index is 2.44. The number of benzene rings is 2. The standard InChI is InChI=1S/C26H30Si.2Li.2H/c1-15-7-9-17(3)25-21(15)11-19(5)23(25)13-27-14-24-20(6)12-22-16(2)8-10-18(4)26(22)24;;;;/h7-12,23-24H,13-14H2,1-6H3;;;;/q;2*+1;2*-1. The first-order chi connectivity index (χ1) is 12.9. The van der Waals surface area contributed by atoms with Gasteiger partial charge in [0.1, 0.15) is 0 Å². The minimum absolute atomic E-state index is 0. The summed E-state index contributed by atoms with van der Waals surface area (Å²) in [5, 5.41) is 0. The fourth-order valence-corrected chi connectivity index (χ4v) is 6.82. The zero-order valence-electron chi connectivity index (χ0n) is 21.5. The van der Waals surface area contributed by atoms with E-state index < -0.39 is 0 Å². The van der Waals surface area contributed by atoms with Crippen molar-refractivity contribution in [3.8, 4) is 0 Å². The number of aryl methyl sites for hydroxylation is 4. The second-order valence-corrected chi connectivity index (χ2v) is 9.91. The van der Waals surface area contributed by atoms with Gasteiger partial charge in [-0.15, -0.1) is 0 Å². The summed E-state index contributed by atoms with van der Waals surface area (Å²) < 4.78 is 0. The third-order valence-electron chi connectivity index (χ3n) is 6.68. The smallest absolute Gasteiger partial charge is 1.00 e. The van der Waals surface area contributed by atoms with Crippen LogP contribution in [0.15, 0.2) is 35.4 Å². The summed E-state index contributed by atoms with van der Waals surface area (Å²) in [4.78, 5) is 0. The quantitative estimate of drug-likeness (QED) is 0.697. The van der Waals surface area contributed by atoms with Crippen LogP contribution >= 0.6 is 0 Å². The van der Waals surface area contributed by atoms with Gasteiger partial charge in [-0.3, -0.25) is 0 Å². The minimum Gasteiger partial charge on any atom is -1.00 e. The van der Waals surface area contributed by atoms with Crippen LogP contribution < -0.4 is 37.7 Å². The molecule has 2 radical (unpaired) electrons. The molecule has 2 unspecified atom stereocenters. The Morgan fingerprint density at radius 2 is 0.966 bits per heavy atom. The third kappa shape index (κ3) is 4.37. The topological polar surface area (TPSA) is 0 Å². The zero-order valence-corrected chi connectivity index (χ0v) is 20.5. The van der Waals surface area contributed by atoms with E-state index in [9.17, 15) is 0 Å². The van der Waals surface area contributed by atoms with Crippen molar-refractivity contribution in [2.75, 3.05) is 0 Å². The molecule has 4 rings (SSSR count). The van der Waals surface area contributed by atoms with Gasteiger partial charge in [0, 0.05) is 21.4 Å². The molecule has 0 spiro atoms. The Bertz CT molecular complexity index is 916. The van der Waals surface area contributed by atoms with Gasteiger partial charge in [0.05, 0.1) is 0 Å². The molecule has 0 N–H and O–H groups in total. The maximum Gasteiger partial charge on any atom is 1.00 e. The zero-order chi connectivity index (χ0) is 19.3. The minimum atomic E-state index is 0. The van der Waals surface area contributed by atoms with Crippen LogP contribution in [-0.2, 0) is 0 Å². The van der Waals surface area contributed by atoms with Crippen LogP contribution in [0.25, 0.3) is 12.2 Å². The molecule has 2 aromatic carbocycles. The summed E-state index contributed by atoms with van der Waals surface area (Å²) >= 11 is 0. The monoisotopic (exact) mass is 386 g/mol. The van der Waals surface area contributed by atoms with Crippen LogP contribution in [-0.4, -0.2) is 9.52 Å². The normalized spacial score (nSPS) is 19.0. The van der Waals surface area contributed by atoms with Crippen LogP contribution in [0.3, 0.4) is 0 Å². The molecular formula is C26H32Li2Si. The van der Waals surface area contributed by atoms with Crippen molar-refractivity contribution >= 4 is 21.7 Å². The average Bonchev–Trinajstić information content (AvgIpc) is 3.14. The number of fused-ring (bicyclic) bond motifs is 2.